The first-order valence-electron chi connectivity index (χ1n) is 11.3. The fourth-order valence-corrected chi connectivity index (χ4v) is 4.08. The first-order chi connectivity index (χ1) is 17.4. The van der Waals surface area contributed by atoms with Gasteiger partial charge in [-0.1, -0.05) is 35.9 Å². The van der Waals surface area contributed by atoms with Gasteiger partial charge in [0, 0.05) is 16.7 Å². The van der Waals surface area contributed by atoms with E-state index < -0.39 is 12.6 Å². The van der Waals surface area contributed by atoms with Gasteiger partial charge in [-0.05, 0) is 43.3 Å². The molecule has 0 aliphatic heterocycles. The van der Waals surface area contributed by atoms with Crippen molar-refractivity contribution in [3.63, 3.8) is 0 Å². The Balaban J connectivity index is 1.90. The number of hydrogen-bond donors (Lipinski definition) is 1. The highest BCUT2D eigenvalue weighted by atomic mass is 16.5. The largest absolute Gasteiger partial charge is 0.496 e. The molecule has 0 amide bonds. The number of para-hydroxylation sites is 2. The van der Waals surface area contributed by atoms with Gasteiger partial charge in [-0.25, -0.2) is 4.79 Å². The molecule has 36 heavy (non-hydrogen) atoms. The maximum absolute atomic E-state index is 11.1. The molecular weight excluding hydrogens is 460 g/mol. The van der Waals surface area contributed by atoms with Gasteiger partial charge in [0.25, 0.3) is 0 Å². The molecule has 0 saturated heterocycles. The van der Waals surface area contributed by atoms with Gasteiger partial charge < -0.3 is 24.1 Å². The van der Waals surface area contributed by atoms with E-state index in [2.05, 4.69) is 0 Å². The minimum absolute atomic E-state index is 0.427. The van der Waals surface area contributed by atoms with E-state index in [-0.39, 0.29) is 0 Å². The quantitative estimate of drug-likeness (QED) is 0.333. The number of ether oxygens (including phenoxy) is 4. The number of hydrogen-bond acceptors (Lipinski definition) is 6. The van der Waals surface area contributed by atoms with Crippen molar-refractivity contribution >= 4 is 5.97 Å². The fourth-order valence-electron chi connectivity index (χ4n) is 4.08. The van der Waals surface area contributed by atoms with Crippen molar-refractivity contribution < 1.29 is 28.8 Å². The van der Waals surface area contributed by atoms with E-state index in [0.717, 1.165) is 28.1 Å². The molecule has 0 bridgehead atoms. The predicted octanol–water partition coefficient (Wildman–Crippen LogP) is 5.06. The van der Waals surface area contributed by atoms with Crippen LogP contribution < -0.4 is 18.9 Å². The zero-order chi connectivity index (χ0) is 25.7. The van der Waals surface area contributed by atoms with Crippen LogP contribution in [0, 0.1) is 6.92 Å². The summed E-state index contributed by atoms with van der Waals surface area (Å²) >= 11 is 0. The molecule has 4 aromatic rings. The Morgan fingerprint density at radius 2 is 1.61 bits per heavy atom. The number of benzene rings is 3. The summed E-state index contributed by atoms with van der Waals surface area (Å²) in [5, 5.41) is 14.1. The number of nitrogens with zero attached hydrogens (tertiary/aromatic N) is 2. The number of carboxylic acid groups (broad SMARTS) is 1. The van der Waals surface area contributed by atoms with Crippen molar-refractivity contribution in [2.75, 3.05) is 27.9 Å². The van der Waals surface area contributed by atoms with Gasteiger partial charge in [0.2, 0.25) is 0 Å². The van der Waals surface area contributed by atoms with Gasteiger partial charge in [0.1, 0.15) is 11.5 Å². The van der Waals surface area contributed by atoms with Crippen molar-refractivity contribution in [3.05, 3.63) is 77.9 Å². The second-order valence-corrected chi connectivity index (χ2v) is 8.11. The van der Waals surface area contributed by atoms with E-state index in [0.29, 0.717) is 35.1 Å². The molecule has 186 valence electrons. The highest BCUT2D eigenvalue weighted by Crippen LogP contribution is 2.40. The second-order valence-electron chi connectivity index (χ2n) is 8.11. The summed E-state index contributed by atoms with van der Waals surface area (Å²) in [6.07, 6.45) is 0. The summed E-state index contributed by atoms with van der Waals surface area (Å²) in [7, 11) is 4.83. The van der Waals surface area contributed by atoms with E-state index in [1.165, 1.54) is 0 Å². The van der Waals surface area contributed by atoms with Crippen LogP contribution in [0.15, 0.2) is 66.7 Å². The lowest BCUT2D eigenvalue weighted by Crippen LogP contribution is -2.10. The second kappa shape index (κ2) is 10.9. The van der Waals surface area contributed by atoms with Crippen LogP contribution in [0.3, 0.4) is 0 Å². The van der Waals surface area contributed by atoms with Crippen LogP contribution in [0.4, 0.5) is 0 Å². The average molecular weight is 489 g/mol. The molecule has 1 aromatic heterocycles. The zero-order valence-corrected chi connectivity index (χ0v) is 20.6. The number of aliphatic carboxylic acids is 1. The lowest BCUT2D eigenvalue weighted by molar-refractivity contribution is -0.139. The van der Waals surface area contributed by atoms with Crippen LogP contribution in [0.25, 0.3) is 22.5 Å². The number of aromatic nitrogens is 2. The molecule has 0 aliphatic rings. The Kier molecular flexibility index (Phi) is 7.44. The smallest absolute Gasteiger partial charge is 0.341 e. The predicted molar refractivity (Wildman–Crippen MR) is 136 cm³/mol. The molecular formula is C28H28N2O6. The average Bonchev–Trinajstić information content (AvgIpc) is 3.30. The van der Waals surface area contributed by atoms with E-state index >= 15 is 0 Å². The first kappa shape index (κ1) is 24.7. The standard InChI is InChI=1S/C28H28N2O6/c1-18-12-13-25(36-17-27(31)32)21(14-18)22-15-23(20-9-7-11-26(34-3)28(20)35-4)30(29-22)16-19-8-5-6-10-24(19)33-2/h5-15H,16-17H2,1-4H3,(H,31,32). The maximum Gasteiger partial charge on any atom is 0.341 e. The van der Waals surface area contributed by atoms with Crippen molar-refractivity contribution in [2.45, 2.75) is 13.5 Å². The third-order valence-corrected chi connectivity index (χ3v) is 5.73. The molecule has 0 radical (unpaired) electrons. The number of carboxylic acids is 1. The lowest BCUT2D eigenvalue weighted by Gasteiger charge is -2.15. The molecule has 0 fully saturated rings. The van der Waals surface area contributed by atoms with E-state index in [4.69, 9.17) is 29.2 Å². The normalized spacial score (nSPS) is 10.7. The van der Waals surface area contributed by atoms with E-state index in [9.17, 15) is 4.79 Å². The minimum atomic E-state index is -1.05. The molecule has 0 aliphatic carbocycles. The van der Waals surface area contributed by atoms with Gasteiger partial charge in [-0.15, -0.1) is 0 Å². The number of aryl methyl sites for hydroxylation is 1. The van der Waals surface area contributed by atoms with Gasteiger partial charge >= 0.3 is 5.97 Å². The third-order valence-electron chi connectivity index (χ3n) is 5.73. The van der Waals surface area contributed by atoms with Crippen LogP contribution in [0.5, 0.6) is 23.0 Å². The van der Waals surface area contributed by atoms with Gasteiger partial charge in [-0.2, -0.15) is 5.10 Å². The summed E-state index contributed by atoms with van der Waals surface area (Å²) in [4.78, 5) is 11.1. The molecule has 0 saturated carbocycles. The van der Waals surface area contributed by atoms with Crippen molar-refractivity contribution in [1.29, 1.82) is 0 Å². The number of methoxy groups -OCH3 is 3. The van der Waals surface area contributed by atoms with Crippen LogP contribution in [-0.2, 0) is 11.3 Å². The Morgan fingerprint density at radius 1 is 0.861 bits per heavy atom. The molecule has 1 heterocycles. The number of rotatable bonds is 10. The van der Waals surface area contributed by atoms with Crippen molar-refractivity contribution in [1.82, 2.24) is 9.78 Å². The minimum Gasteiger partial charge on any atom is -0.496 e. The molecule has 3 aromatic carbocycles. The van der Waals surface area contributed by atoms with Crippen LogP contribution in [0.1, 0.15) is 11.1 Å². The summed E-state index contributed by atoms with van der Waals surface area (Å²) in [5.74, 6) is 1.32. The van der Waals surface area contributed by atoms with Gasteiger partial charge in [0.15, 0.2) is 18.1 Å². The van der Waals surface area contributed by atoms with Gasteiger partial charge in [0.05, 0.1) is 39.3 Å². The molecule has 1 N–H and O–H groups in total. The Bertz CT molecular complexity index is 1380. The van der Waals surface area contributed by atoms with Crippen molar-refractivity contribution in [3.8, 4) is 45.5 Å². The zero-order valence-electron chi connectivity index (χ0n) is 20.6. The summed E-state index contributed by atoms with van der Waals surface area (Å²) in [6.45, 7) is 1.94. The summed E-state index contributed by atoms with van der Waals surface area (Å²) in [6, 6.07) is 20.9. The van der Waals surface area contributed by atoms with Crippen LogP contribution in [-0.4, -0.2) is 48.8 Å². The third kappa shape index (κ3) is 5.12. The van der Waals surface area contributed by atoms with Gasteiger partial charge in [-0.3, -0.25) is 4.68 Å². The SMILES string of the molecule is COc1ccccc1Cn1nc(-c2cc(C)ccc2OCC(=O)O)cc1-c1cccc(OC)c1OC. The van der Waals surface area contributed by atoms with Crippen molar-refractivity contribution in [2.24, 2.45) is 0 Å². The summed E-state index contributed by atoms with van der Waals surface area (Å²) < 4.78 is 24.3. The Labute approximate surface area is 209 Å². The van der Waals surface area contributed by atoms with E-state index in [1.807, 2.05) is 72.3 Å². The maximum atomic E-state index is 11.1. The Hall–Kier alpha value is -4.46. The van der Waals surface area contributed by atoms with Crippen LogP contribution >= 0.6 is 0 Å². The molecule has 4 rings (SSSR count). The lowest BCUT2D eigenvalue weighted by atomic mass is 10.0. The fraction of sp³-hybridized carbons (Fsp3) is 0.214. The highest BCUT2D eigenvalue weighted by Gasteiger charge is 2.21. The Morgan fingerprint density at radius 3 is 2.33 bits per heavy atom. The van der Waals surface area contributed by atoms with Crippen LogP contribution in [0.2, 0.25) is 0 Å². The molecule has 0 unspecified atom stereocenters. The van der Waals surface area contributed by atoms with E-state index in [1.54, 1.807) is 27.4 Å². The monoisotopic (exact) mass is 488 g/mol. The molecule has 0 atom stereocenters. The highest BCUT2D eigenvalue weighted by molar-refractivity contribution is 5.78. The molecule has 8 heteroatoms. The molecule has 0 spiro atoms. The number of carbonyl (C=O) groups is 1. The first-order valence-corrected chi connectivity index (χ1v) is 11.3. The topological polar surface area (TPSA) is 92.0 Å². The molecule has 8 nitrogen and oxygen atoms in total. The summed E-state index contributed by atoms with van der Waals surface area (Å²) in [5.41, 5.74) is 4.85.